The van der Waals surface area contributed by atoms with E-state index in [-0.39, 0.29) is 33.7 Å². The van der Waals surface area contributed by atoms with Crippen molar-refractivity contribution < 1.29 is 13.2 Å². The molecule has 1 atom stereocenters. The number of halogens is 2. The van der Waals surface area contributed by atoms with E-state index in [1.165, 1.54) is 48.3 Å². The molecule has 7 nitrogen and oxygen atoms in total. The Morgan fingerprint density at radius 3 is 2.41 bits per heavy atom. The monoisotopic (exact) mass is 551 g/mol. The van der Waals surface area contributed by atoms with Gasteiger partial charge in [0.1, 0.15) is 52.2 Å². The standard InChI is InChI=1S/C32H27F2N5O2/c1-17(2)14-19-10-12-20(13-11-19)28-27-31(35)36-16-37-32(27)39(38-28)18(3)30-25(21-6-4-7-22(33)15-21)29(40)26-23(34)8-5-9-24(26)41-30/h4-13,15-18H,14H2,1-3H3,(H2,35,36,37). The van der Waals surface area contributed by atoms with Gasteiger partial charge in [0.25, 0.3) is 0 Å². The predicted molar refractivity (Wildman–Crippen MR) is 155 cm³/mol. The molecule has 0 radical (unpaired) electrons. The zero-order valence-electron chi connectivity index (χ0n) is 22.7. The lowest BCUT2D eigenvalue weighted by molar-refractivity contribution is 0.445. The minimum absolute atomic E-state index is 0.0415. The molecule has 0 fully saturated rings. The second kappa shape index (κ2) is 10.2. The van der Waals surface area contributed by atoms with E-state index >= 15 is 0 Å². The first kappa shape index (κ1) is 26.3. The summed E-state index contributed by atoms with van der Waals surface area (Å²) in [7, 11) is 0. The molecule has 0 bridgehead atoms. The summed E-state index contributed by atoms with van der Waals surface area (Å²) < 4.78 is 37.0. The molecule has 0 spiro atoms. The molecule has 206 valence electrons. The van der Waals surface area contributed by atoms with Gasteiger partial charge in [0, 0.05) is 5.56 Å². The minimum atomic E-state index is -0.723. The number of rotatable bonds is 6. The lowest BCUT2D eigenvalue weighted by Gasteiger charge is -2.17. The summed E-state index contributed by atoms with van der Waals surface area (Å²) in [5.74, 6) is -0.312. The maximum Gasteiger partial charge on any atom is 0.203 e. The van der Waals surface area contributed by atoms with Crippen LogP contribution in [0.25, 0.3) is 44.4 Å². The molecular formula is C32H27F2N5O2. The molecule has 2 N–H and O–H groups in total. The topological polar surface area (TPSA) is 99.8 Å². The molecule has 0 saturated heterocycles. The van der Waals surface area contributed by atoms with Crippen LogP contribution < -0.4 is 11.2 Å². The van der Waals surface area contributed by atoms with Crippen molar-refractivity contribution in [2.24, 2.45) is 5.92 Å². The van der Waals surface area contributed by atoms with Crippen molar-refractivity contribution in [2.45, 2.75) is 33.2 Å². The van der Waals surface area contributed by atoms with E-state index in [2.05, 4.69) is 35.9 Å². The number of benzene rings is 3. The summed E-state index contributed by atoms with van der Waals surface area (Å²) in [4.78, 5) is 22.4. The van der Waals surface area contributed by atoms with Gasteiger partial charge in [0.05, 0.1) is 10.9 Å². The number of aromatic nitrogens is 4. The largest absolute Gasteiger partial charge is 0.458 e. The second-order valence-electron chi connectivity index (χ2n) is 10.5. The van der Waals surface area contributed by atoms with Crippen molar-refractivity contribution in [3.8, 4) is 22.4 Å². The molecular weight excluding hydrogens is 524 g/mol. The summed E-state index contributed by atoms with van der Waals surface area (Å²) in [6.07, 6.45) is 2.29. The van der Waals surface area contributed by atoms with Gasteiger partial charge < -0.3 is 10.2 Å². The highest BCUT2D eigenvalue weighted by Crippen LogP contribution is 2.36. The average Bonchev–Trinajstić information content (AvgIpc) is 3.33. The molecule has 3 aromatic heterocycles. The fourth-order valence-electron chi connectivity index (χ4n) is 5.28. The summed E-state index contributed by atoms with van der Waals surface area (Å²) >= 11 is 0. The van der Waals surface area contributed by atoms with Gasteiger partial charge in [-0.25, -0.2) is 23.4 Å². The Kier molecular flexibility index (Phi) is 6.57. The van der Waals surface area contributed by atoms with Crippen molar-refractivity contribution in [2.75, 3.05) is 5.73 Å². The van der Waals surface area contributed by atoms with Crippen LogP contribution >= 0.6 is 0 Å². The van der Waals surface area contributed by atoms with Crippen LogP contribution in [-0.4, -0.2) is 19.7 Å². The Hall–Kier alpha value is -4.92. The molecule has 9 heteroatoms. The maximum atomic E-state index is 14.8. The number of nitrogens with zero attached hydrogens (tertiary/aromatic N) is 4. The zero-order valence-corrected chi connectivity index (χ0v) is 22.7. The first-order valence-corrected chi connectivity index (χ1v) is 13.3. The molecule has 6 rings (SSSR count). The molecule has 0 saturated carbocycles. The van der Waals surface area contributed by atoms with E-state index in [9.17, 15) is 13.6 Å². The number of fused-ring (bicyclic) bond motifs is 2. The van der Waals surface area contributed by atoms with Gasteiger partial charge in [-0.3, -0.25) is 4.79 Å². The van der Waals surface area contributed by atoms with Crippen molar-refractivity contribution >= 4 is 27.8 Å². The summed E-state index contributed by atoms with van der Waals surface area (Å²) in [5, 5.41) is 5.24. The Morgan fingerprint density at radius 1 is 0.927 bits per heavy atom. The van der Waals surface area contributed by atoms with Crippen LogP contribution in [0.2, 0.25) is 0 Å². The fourth-order valence-corrected chi connectivity index (χ4v) is 5.28. The fraction of sp³-hybridized carbons (Fsp3) is 0.188. The van der Waals surface area contributed by atoms with Crippen LogP contribution in [-0.2, 0) is 6.42 Å². The van der Waals surface area contributed by atoms with E-state index in [1.807, 2.05) is 12.1 Å². The van der Waals surface area contributed by atoms with E-state index in [0.29, 0.717) is 22.6 Å². The summed E-state index contributed by atoms with van der Waals surface area (Å²) in [6, 6.07) is 17.1. The van der Waals surface area contributed by atoms with Gasteiger partial charge in [-0.05, 0) is 54.7 Å². The Bertz CT molecular complexity index is 1980. The third-order valence-electron chi connectivity index (χ3n) is 7.14. The molecule has 3 aromatic carbocycles. The van der Waals surface area contributed by atoms with Crippen molar-refractivity contribution in [1.29, 1.82) is 0 Å². The van der Waals surface area contributed by atoms with Gasteiger partial charge in [-0.2, -0.15) is 5.10 Å². The number of nitrogens with two attached hydrogens (primary N) is 1. The lowest BCUT2D eigenvalue weighted by Crippen LogP contribution is -2.17. The normalized spacial score (nSPS) is 12.4. The summed E-state index contributed by atoms with van der Waals surface area (Å²) in [6.45, 7) is 6.12. The Balaban J connectivity index is 1.59. The Labute approximate surface area is 234 Å². The number of hydrogen-bond donors (Lipinski definition) is 1. The minimum Gasteiger partial charge on any atom is -0.458 e. The Morgan fingerprint density at radius 2 is 1.68 bits per heavy atom. The van der Waals surface area contributed by atoms with Gasteiger partial charge in [0.2, 0.25) is 5.43 Å². The quantitative estimate of drug-likeness (QED) is 0.241. The first-order chi connectivity index (χ1) is 19.7. The first-order valence-electron chi connectivity index (χ1n) is 13.3. The van der Waals surface area contributed by atoms with Gasteiger partial charge in [-0.1, -0.05) is 56.3 Å². The van der Waals surface area contributed by atoms with E-state index in [4.69, 9.17) is 15.2 Å². The molecule has 0 amide bonds. The molecule has 0 aliphatic rings. The highest BCUT2D eigenvalue weighted by molar-refractivity contribution is 5.98. The zero-order chi connectivity index (χ0) is 28.8. The average molecular weight is 552 g/mol. The van der Waals surface area contributed by atoms with Crippen LogP contribution in [0.15, 0.2) is 82.3 Å². The highest BCUT2D eigenvalue weighted by Gasteiger charge is 2.27. The van der Waals surface area contributed by atoms with Crippen molar-refractivity contribution in [3.05, 3.63) is 106 Å². The summed E-state index contributed by atoms with van der Waals surface area (Å²) in [5.41, 5.74) is 9.13. The smallest absolute Gasteiger partial charge is 0.203 e. The van der Waals surface area contributed by atoms with Crippen LogP contribution in [0.3, 0.4) is 0 Å². The van der Waals surface area contributed by atoms with Crippen LogP contribution in [0.4, 0.5) is 14.6 Å². The third-order valence-corrected chi connectivity index (χ3v) is 7.14. The number of anilines is 1. The molecule has 6 aromatic rings. The SMILES string of the molecule is CC(C)Cc1ccc(-c2nn(C(C)c3oc4cccc(F)c4c(=O)c3-c3cccc(F)c3)c3ncnc(N)c23)cc1. The van der Waals surface area contributed by atoms with E-state index in [0.717, 1.165) is 12.0 Å². The van der Waals surface area contributed by atoms with Gasteiger partial charge in [-0.15, -0.1) is 0 Å². The molecule has 0 aliphatic heterocycles. The maximum absolute atomic E-state index is 14.8. The second-order valence-corrected chi connectivity index (χ2v) is 10.5. The van der Waals surface area contributed by atoms with Gasteiger partial charge in [0.15, 0.2) is 5.65 Å². The van der Waals surface area contributed by atoms with Crippen LogP contribution in [0.1, 0.15) is 38.1 Å². The van der Waals surface area contributed by atoms with E-state index < -0.39 is 23.1 Å². The lowest BCUT2D eigenvalue weighted by atomic mass is 9.99. The molecule has 41 heavy (non-hydrogen) atoms. The molecule has 0 aliphatic carbocycles. The van der Waals surface area contributed by atoms with Crippen LogP contribution in [0.5, 0.6) is 0 Å². The molecule has 1 unspecified atom stereocenters. The number of nitrogen functional groups attached to an aromatic ring is 1. The highest BCUT2D eigenvalue weighted by atomic mass is 19.1. The van der Waals surface area contributed by atoms with Gasteiger partial charge >= 0.3 is 0 Å². The molecule has 3 heterocycles. The van der Waals surface area contributed by atoms with Crippen LogP contribution in [0, 0.1) is 17.6 Å². The third kappa shape index (κ3) is 4.63. The van der Waals surface area contributed by atoms with E-state index in [1.54, 1.807) is 17.7 Å². The van der Waals surface area contributed by atoms with Crippen molar-refractivity contribution in [3.63, 3.8) is 0 Å². The van der Waals surface area contributed by atoms with Crippen molar-refractivity contribution in [1.82, 2.24) is 19.7 Å². The predicted octanol–water partition coefficient (Wildman–Crippen LogP) is 6.93. The number of hydrogen-bond acceptors (Lipinski definition) is 6.